The lowest BCUT2D eigenvalue weighted by molar-refractivity contribution is 0.399. The van der Waals surface area contributed by atoms with Crippen LogP contribution in [-0.4, -0.2) is 0 Å². The minimum Gasteiger partial charge on any atom is -0.321 e. The first-order valence-corrected chi connectivity index (χ1v) is 7.63. The van der Waals surface area contributed by atoms with Gasteiger partial charge in [0.1, 0.15) is 5.82 Å². The molecule has 0 saturated heterocycles. The van der Waals surface area contributed by atoms with Gasteiger partial charge >= 0.3 is 0 Å². The van der Waals surface area contributed by atoms with Gasteiger partial charge in [0.25, 0.3) is 0 Å². The van der Waals surface area contributed by atoms with E-state index in [4.69, 9.17) is 5.73 Å². The van der Waals surface area contributed by atoms with Crippen LogP contribution in [0.5, 0.6) is 0 Å². The standard InChI is InChI=1S/C17H19BrFN/c1-2-11-17(20,14-8-4-3-5-9-14)12-13-7-6-10-15(19)16(13)18/h3-10H,2,11-12,20H2,1H3. The summed E-state index contributed by atoms with van der Waals surface area (Å²) in [6.45, 7) is 2.12. The van der Waals surface area contributed by atoms with Crippen molar-refractivity contribution in [1.29, 1.82) is 0 Å². The van der Waals surface area contributed by atoms with Crippen molar-refractivity contribution < 1.29 is 4.39 Å². The first-order valence-electron chi connectivity index (χ1n) is 6.84. The molecule has 0 amide bonds. The zero-order chi connectivity index (χ0) is 14.6. The summed E-state index contributed by atoms with van der Waals surface area (Å²) in [6.07, 6.45) is 2.46. The summed E-state index contributed by atoms with van der Waals surface area (Å²) in [6, 6.07) is 15.2. The molecule has 0 fully saturated rings. The normalized spacial score (nSPS) is 14.0. The van der Waals surface area contributed by atoms with Crippen LogP contribution in [-0.2, 0) is 12.0 Å². The monoisotopic (exact) mass is 335 g/mol. The fourth-order valence-electron chi connectivity index (χ4n) is 2.58. The second kappa shape index (κ2) is 6.51. The van der Waals surface area contributed by atoms with E-state index in [1.165, 1.54) is 6.07 Å². The van der Waals surface area contributed by atoms with E-state index in [1.54, 1.807) is 6.07 Å². The second-order valence-electron chi connectivity index (χ2n) is 5.16. The molecule has 0 spiro atoms. The lowest BCUT2D eigenvalue weighted by Crippen LogP contribution is -2.39. The van der Waals surface area contributed by atoms with E-state index in [9.17, 15) is 4.39 Å². The Balaban J connectivity index is 2.37. The summed E-state index contributed by atoms with van der Waals surface area (Å²) in [5.41, 5.74) is 8.17. The highest BCUT2D eigenvalue weighted by Crippen LogP contribution is 2.31. The van der Waals surface area contributed by atoms with Crippen molar-refractivity contribution in [2.24, 2.45) is 5.73 Å². The zero-order valence-electron chi connectivity index (χ0n) is 11.6. The Morgan fingerprint density at radius 3 is 2.45 bits per heavy atom. The van der Waals surface area contributed by atoms with Crippen LogP contribution in [0, 0.1) is 5.82 Å². The van der Waals surface area contributed by atoms with Crippen molar-refractivity contribution >= 4 is 15.9 Å². The van der Waals surface area contributed by atoms with E-state index < -0.39 is 5.54 Å². The summed E-state index contributed by atoms with van der Waals surface area (Å²) in [5.74, 6) is -0.241. The molecule has 0 radical (unpaired) electrons. The predicted octanol–water partition coefficient (Wildman–Crippen LogP) is 4.79. The number of halogens is 2. The van der Waals surface area contributed by atoms with Crippen molar-refractivity contribution in [2.75, 3.05) is 0 Å². The number of hydrogen-bond acceptors (Lipinski definition) is 1. The molecule has 0 bridgehead atoms. The van der Waals surface area contributed by atoms with Crippen molar-refractivity contribution in [1.82, 2.24) is 0 Å². The smallest absolute Gasteiger partial charge is 0.137 e. The minimum absolute atomic E-state index is 0.241. The summed E-state index contributed by atoms with van der Waals surface area (Å²) < 4.78 is 14.2. The van der Waals surface area contributed by atoms with Crippen molar-refractivity contribution in [3.8, 4) is 0 Å². The molecular weight excluding hydrogens is 317 g/mol. The molecule has 3 heteroatoms. The van der Waals surface area contributed by atoms with Gasteiger partial charge in [-0.05, 0) is 46.0 Å². The van der Waals surface area contributed by atoms with Crippen molar-refractivity contribution in [2.45, 2.75) is 31.7 Å². The third-order valence-electron chi connectivity index (χ3n) is 3.58. The molecule has 0 saturated carbocycles. The molecule has 0 heterocycles. The van der Waals surface area contributed by atoms with Gasteiger partial charge in [-0.15, -0.1) is 0 Å². The molecule has 20 heavy (non-hydrogen) atoms. The molecule has 2 N–H and O–H groups in total. The molecule has 2 rings (SSSR count). The maximum atomic E-state index is 13.7. The van der Waals surface area contributed by atoms with Crippen molar-refractivity contribution in [3.63, 3.8) is 0 Å². The number of benzene rings is 2. The van der Waals surface area contributed by atoms with E-state index in [-0.39, 0.29) is 5.82 Å². The number of nitrogens with two attached hydrogens (primary N) is 1. The molecule has 0 aliphatic heterocycles. The summed E-state index contributed by atoms with van der Waals surface area (Å²) >= 11 is 3.33. The molecular formula is C17H19BrFN. The lowest BCUT2D eigenvalue weighted by Gasteiger charge is -2.30. The Bertz CT molecular complexity index is 570. The van der Waals surface area contributed by atoms with Gasteiger partial charge in [-0.1, -0.05) is 55.8 Å². The average molecular weight is 336 g/mol. The molecule has 1 atom stereocenters. The summed E-state index contributed by atoms with van der Waals surface area (Å²) in [4.78, 5) is 0. The van der Waals surface area contributed by atoms with Gasteiger partial charge in [0.15, 0.2) is 0 Å². The van der Waals surface area contributed by atoms with Crippen LogP contribution in [0.1, 0.15) is 30.9 Å². The lowest BCUT2D eigenvalue weighted by atomic mass is 9.81. The van der Waals surface area contributed by atoms with Gasteiger partial charge in [0.2, 0.25) is 0 Å². The highest BCUT2D eigenvalue weighted by molar-refractivity contribution is 9.10. The zero-order valence-corrected chi connectivity index (χ0v) is 13.2. The van der Waals surface area contributed by atoms with Gasteiger partial charge in [-0.3, -0.25) is 0 Å². The number of hydrogen-bond donors (Lipinski definition) is 1. The molecule has 106 valence electrons. The summed E-state index contributed by atoms with van der Waals surface area (Å²) in [7, 11) is 0. The van der Waals surface area contributed by atoms with E-state index in [2.05, 4.69) is 22.9 Å². The third kappa shape index (κ3) is 3.28. The minimum atomic E-state index is -0.466. The fourth-order valence-corrected chi connectivity index (χ4v) is 2.98. The van der Waals surface area contributed by atoms with E-state index >= 15 is 0 Å². The molecule has 1 nitrogen and oxygen atoms in total. The van der Waals surface area contributed by atoms with Crippen LogP contribution in [0.25, 0.3) is 0 Å². The highest BCUT2D eigenvalue weighted by Gasteiger charge is 2.27. The van der Waals surface area contributed by atoms with Crippen LogP contribution < -0.4 is 5.73 Å². The molecule has 0 aromatic heterocycles. The predicted molar refractivity (Wildman–Crippen MR) is 85.0 cm³/mol. The Kier molecular flexibility index (Phi) is 4.95. The largest absolute Gasteiger partial charge is 0.321 e. The SMILES string of the molecule is CCCC(N)(Cc1cccc(F)c1Br)c1ccccc1. The van der Waals surface area contributed by atoms with E-state index in [1.807, 2.05) is 36.4 Å². The first kappa shape index (κ1) is 15.2. The number of rotatable bonds is 5. The quantitative estimate of drug-likeness (QED) is 0.835. The summed E-state index contributed by atoms with van der Waals surface area (Å²) in [5, 5.41) is 0. The molecule has 0 aliphatic rings. The Morgan fingerprint density at radius 1 is 1.10 bits per heavy atom. The highest BCUT2D eigenvalue weighted by atomic mass is 79.9. The Morgan fingerprint density at radius 2 is 1.80 bits per heavy atom. The first-order chi connectivity index (χ1) is 9.57. The topological polar surface area (TPSA) is 26.0 Å². The Hall–Kier alpha value is -1.19. The van der Waals surface area contributed by atoms with E-state index in [0.717, 1.165) is 24.0 Å². The maximum absolute atomic E-state index is 13.7. The second-order valence-corrected chi connectivity index (χ2v) is 5.95. The van der Waals surface area contributed by atoms with Crippen LogP contribution in [0.2, 0.25) is 0 Å². The van der Waals surface area contributed by atoms with Crippen LogP contribution >= 0.6 is 15.9 Å². The van der Waals surface area contributed by atoms with Crippen LogP contribution in [0.15, 0.2) is 53.0 Å². The van der Waals surface area contributed by atoms with Gasteiger partial charge in [-0.25, -0.2) is 4.39 Å². The van der Waals surface area contributed by atoms with Gasteiger partial charge < -0.3 is 5.73 Å². The average Bonchev–Trinajstić information content (AvgIpc) is 2.45. The van der Waals surface area contributed by atoms with Crippen LogP contribution in [0.4, 0.5) is 4.39 Å². The maximum Gasteiger partial charge on any atom is 0.137 e. The molecule has 2 aromatic carbocycles. The molecule has 1 unspecified atom stereocenters. The van der Waals surface area contributed by atoms with E-state index in [0.29, 0.717) is 10.9 Å². The molecule has 2 aromatic rings. The Labute approximate surface area is 128 Å². The van der Waals surface area contributed by atoms with Gasteiger partial charge in [-0.2, -0.15) is 0 Å². The van der Waals surface area contributed by atoms with Crippen molar-refractivity contribution in [3.05, 3.63) is 69.9 Å². The van der Waals surface area contributed by atoms with Gasteiger partial charge in [0.05, 0.1) is 4.47 Å². The van der Waals surface area contributed by atoms with Crippen LogP contribution in [0.3, 0.4) is 0 Å². The van der Waals surface area contributed by atoms with Gasteiger partial charge in [0, 0.05) is 5.54 Å². The fraction of sp³-hybridized carbons (Fsp3) is 0.294. The molecule has 0 aliphatic carbocycles. The third-order valence-corrected chi connectivity index (χ3v) is 4.47.